The van der Waals surface area contributed by atoms with Crippen LogP contribution in [-0.2, 0) is 0 Å². The van der Waals surface area contributed by atoms with E-state index in [0.717, 1.165) is 31.4 Å². The molecule has 2 rings (SSSR count). The van der Waals surface area contributed by atoms with Gasteiger partial charge in [-0.1, -0.05) is 0 Å². The van der Waals surface area contributed by atoms with Crippen molar-refractivity contribution in [3.63, 3.8) is 0 Å². The summed E-state index contributed by atoms with van der Waals surface area (Å²) < 4.78 is 5.22. The molecular formula is C13H20N2O3. The van der Waals surface area contributed by atoms with Crippen LogP contribution in [0, 0.1) is 0 Å². The highest BCUT2D eigenvalue weighted by atomic mass is 16.3. The molecule has 5 nitrogen and oxygen atoms in total. The van der Waals surface area contributed by atoms with E-state index in [-0.39, 0.29) is 24.2 Å². The zero-order chi connectivity index (χ0) is 13.0. The molecule has 1 aliphatic rings. The predicted octanol–water partition coefficient (Wildman–Crippen LogP) is 1.94. The van der Waals surface area contributed by atoms with Gasteiger partial charge in [-0.05, 0) is 44.7 Å². The highest BCUT2D eigenvalue weighted by molar-refractivity contribution is 5.74. The second-order valence-corrected chi connectivity index (χ2v) is 4.86. The average Bonchev–Trinajstić information content (AvgIpc) is 2.85. The Morgan fingerprint density at radius 1 is 1.44 bits per heavy atom. The predicted molar refractivity (Wildman–Crippen MR) is 67.1 cm³/mol. The summed E-state index contributed by atoms with van der Waals surface area (Å²) in [6.07, 6.45) is 4.59. The standard InChI is InChI=1S/C13H20N2O3/c1-9(12-3-2-8-18-12)14-13(17)15-10-4-6-11(16)7-5-10/h2-3,8-11,16H,4-7H2,1H3,(H2,14,15,17). The van der Waals surface area contributed by atoms with Gasteiger partial charge in [-0.25, -0.2) is 4.79 Å². The Bertz CT molecular complexity index is 370. The number of carbonyl (C=O) groups excluding carboxylic acids is 1. The van der Waals surface area contributed by atoms with Crippen LogP contribution in [0.1, 0.15) is 44.4 Å². The number of hydrogen-bond acceptors (Lipinski definition) is 3. The molecule has 3 N–H and O–H groups in total. The monoisotopic (exact) mass is 252 g/mol. The molecule has 1 fully saturated rings. The van der Waals surface area contributed by atoms with Gasteiger partial charge in [0.15, 0.2) is 0 Å². The van der Waals surface area contributed by atoms with Crippen LogP contribution >= 0.6 is 0 Å². The summed E-state index contributed by atoms with van der Waals surface area (Å²) in [7, 11) is 0. The third-order valence-corrected chi connectivity index (χ3v) is 3.35. The first-order valence-corrected chi connectivity index (χ1v) is 6.43. The van der Waals surface area contributed by atoms with E-state index in [9.17, 15) is 9.90 Å². The number of aliphatic hydroxyl groups is 1. The minimum absolute atomic E-state index is 0.144. The van der Waals surface area contributed by atoms with Crippen molar-refractivity contribution in [1.29, 1.82) is 0 Å². The number of carbonyl (C=O) groups is 1. The summed E-state index contributed by atoms with van der Waals surface area (Å²) in [6.45, 7) is 1.88. The maximum absolute atomic E-state index is 11.8. The average molecular weight is 252 g/mol. The number of nitrogens with one attached hydrogen (secondary N) is 2. The molecule has 0 aliphatic heterocycles. The lowest BCUT2D eigenvalue weighted by Gasteiger charge is -2.26. The fraction of sp³-hybridized carbons (Fsp3) is 0.615. The van der Waals surface area contributed by atoms with Crippen LogP contribution in [0.25, 0.3) is 0 Å². The van der Waals surface area contributed by atoms with E-state index < -0.39 is 0 Å². The van der Waals surface area contributed by atoms with Crippen LogP contribution in [0.15, 0.2) is 22.8 Å². The smallest absolute Gasteiger partial charge is 0.315 e. The first-order chi connectivity index (χ1) is 8.65. The molecule has 5 heteroatoms. The molecule has 1 unspecified atom stereocenters. The van der Waals surface area contributed by atoms with Gasteiger partial charge in [-0.3, -0.25) is 0 Å². The topological polar surface area (TPSA) is 74.5 Å². The zero-order valence-corrected chi connectivity index (χ0v) is 10.6. The molecule has 0 radical (unpaired) electrons. The van der Waals surface area contributed by atoms with Crippen LogP contribution in [0.2, 0.25) is 0 Å². The Morgan fingerprint density at radius 2 is 2.17 bits per heavy atom. The molecule has 1 aromatic rings. The molecule has 1 saturated carbocycles. The van der Waals surface area contributed by atoms with Gasteiger partial charge in [0.2, 0.25) is 0 Å². The van der Waals surface area contributed by atoms with Gasteiger partial charge in [0.05, 0.1) is 18.4 Å². The van der Waals surface area contributed by atoms with Crippen molar-refractivity contribution in [3.8, 4) is 0 Å². The van der Waals surface area contributed by atoms with Crippen LogP contribution in [0.3, 0.4) is 0 Å². The van der Waals surface area contributed by atoms with E-state index in [1.165, 1.54) is 0 Å². The molecule has 100 valence electrons. The minimum Gasteiger partial charge on any atom is -0.467 e. The third kappa shape index (κ3) is 3.50. The summed E-state index contributed by atoms with van der Waals surface area (Å²) in [5.74, 6) is 0.740. The molecule has 0 saturated heterocycles. The number of urea groups is 1. The number of amides is 2. The Labute approximate surface area is 107 Å². The fourth-order valence-electron chi connectivity index (χ4n) is 2.25. The molecule has 1 aromatic heterocycles. The van der Waals surface area contributed by atoms with Gasteiger partial charge in [-0.2, -0.15) is 0 Å². The Morgan fingerprint density at radius 3 is 2.78 bits per heavy atom. The molecule has 0 aromatic carbocycles. The zero-order valence-electron chi connectivity index (χ0n) is 10.6. The Balaban J connectivity index is 1.75. The number of furan rings is 1. The van der Waals surface area contributed by atoms with Crippen molar-refractivity contribution in [3.05, 3.63) is 24.2 Å². The van der Waals surface area contributed by atoms with Gasteiger partial charge < -0.3 is 20.2 Å². The van der Waals surface area contributed by atoms with Gasteiger partial charge in [0, 0.05) is 6.04 Å². The lowest BCUT2D eigenvalue weighted by Crippen LogP contribution is -2.44. The quantitative estimate of drug-likeness (QED) is 0.769. The van der Waals surface area contributed by atoms with Crippen molar-refractivity contribution in [1.82, 2.24) is 10.6 Å². The summed E-state index contributed by atoms with van der Waals surface area (Å²) >= 11 is 0. The maximum Gasteiger partial charge on any atom is 0.315 e. The van der Waals surface area contributed by atoms with E-state index in [1.807, 2.05) is 13.0 Å². The van der Waals surface area contributed by atoms with E-state index in [4.69, 9.17) is 4.42 Å². The maximum atomic E-state index is 11.8. The lowest BCUT2D eigenvalue weighted by molar-refractivity contribution is 0.117. The van der Waals surface area contributed by atoms with Crippen LogP contribution in [0.4, 0.5) is 4.79 Å². The molecule has 18 heavy (non-hydrogen) atoms. The summed E-state index contributed by atoms with van der Waals surface area (Å²) in [6, 6.07) is 3.47. The highest BCUT2D eigenvalue weighted by Gasteiger charge is 2.21. The number of hydrogen-bond donors (Lipinski definition) is 3. The van der Waals surface area contributed by atoms with Crippen molar-refractivity contribution in [2.45, 2.75) is 50.8 Å². The molecule has 2 amide bonds. The molecule has 1 atom stereocenters. The van der Waals surface area contributed by atoms with Crippen molar-refractivity contribution in [2.24, 2.45) is 0 Å². The van der Waals surface area contributed by atoms with E-state index in [0.29, 0.717) is 0 Å². The molecule has 1 heterocycles. The molecule has 1 aliphatic carbocycles. The van der Waals surface area contributed by atoms with Gasteiger partial charge in [0.25, 0.3) is 0 Å². The Hall–Kier alpha value is -1.49. The summed E-state index contributed by atoms with van der Waals surface area (Å²) in [4.78, 5) is 11.8. The van der Waals surface area contributed by atoms with E-state index in [1.54, 1.807) is 12.3 Å². The van der Waals surface area contributed by atoms with Crippen LogP contribution < -0.4 is 10.6 Å². The van der Waals surface area contributed by atoms with Crippen LogP contribution in [-0.4, -0.2) is 23.3 Å². The molecule has 0 bridgehead atoms. The van der Waals surface area contributed by atoms with E-state index >= 15 is 0 Å². The van der Waals surface area contributed by atoms with E-state index in [2.05, 4.69) is 10.6 Å². The fourth-order valence-corrected chi connectivity index (χ4v) is 2.25. The summed E-state index contributed by atoms with van der Waals surface area (Å²) in [5.41, 5.74) is 0. The summed E-state index contributed by atoms with van der Waals surface area (Å²) in [5, 5.41) is 15.2. The van der Waals surface area contributed by atoms with Gasteiger partial charge in [-0.15, -0.1) is 0 Å². The second kappa shape index (κ2) is 5.91. The first kappa shape index (κ1) is 13.0. The van der Waals surface area contributed by atoms with Crippen molar-refractivity contribution < 1.29 is 14.3 Å². The lowest BCUT2D eigenvalue weighted by atomic mass is 9.93. The van der Waals surface area contributed by atoms with Gasteiger partial charge in [0.1, 0.15) is 5.76 Å². The van der Waals surface area contributed by atoms with Crippen molar-refractivity contribution >= 4 is 6.03 Å². The first-order valence-electron chi connectivity index (χ1n) is 6.43. The number of aliphatic hydroxyl groups excluding tert-OH is 1. The molecular weight excluding hydrogens is 232 g/mol. The van der Waals surface area contributed by atoms with Crippen LogP contribution in [0.5, 0.6) is 0 Å². The molecule has 0 spiro atoms. The normalized spacial score (nSPS) is 25.4. The number of rotatable bonds is 3. The second-order valence-electron chi connectivity index (χ2n) is 4.86. The minimum atomic E-state index is -0.201. The van der Waals surface area contributed by atoms with Crippen molar-refractivity contribution in [2.75, 3.05) is 0 Å². The Kier molecular flexibility index (Phi) is 4.25. The highest BCUT2D eigenvalue weighted by Crippen LogP contribution is 2.18. The largest absolute Gasteiger partial charge is 0.467 e. The van der Waals surface area contributed by atoms with Gasteiger partial charge >= 0.3 is 6.03 Å². The SMILES string of the molecule is CC(NC(=O)NC1CCC(O)CC1)c1ccco1. The third-order valence-electron chi connectivity index (χ3n) is 3.35.